The average molecular weight is 293 g/mol. The molecule has 0 bridgehead atoms. The number of carbonyl (C=O) groups excluding carboxylic acids is 1. The molecule has 1 fully saturated rings. The number of methoxy groups -OCH3 is 2. The molecule has 116 valence electrons. The van der Waals surface area contributed by atoms with E-state index in [4.69, 9.17) is 15.2 Å². The maximum atomic E-state index is 12.1. The molecular weight excluding hydrogens is 270 g/mol. The van der Waals surface area contributed by atoms with Gasteiger partial charge in [0.1, 0.15) is 0 Å². The van der Waals surface area contributed by atoms with E-state index in [1.165, 1.54) is 0 Å². The van der Waals surface area contributed by atoms with E-state index in [1.807, 2.05) is 29.2 Å². The number of hydrogen-bond acceptors (Lipinski definition) is 5. The van der Waals surface area contributed by atoms with Crippen LogP contribution in [-0.2, 0) is 20.8 Å². The number of ether oxygens (including phenoxy) is 2. The molecule has 6 nitrogen and oxygen atoms in total. The van der Waals surface area contributed by atoms with Crippen molar-refractivity contribution in [1.29, 1.82) is 0 Å². The molecule has 1 aliphatic rings. The Morgan fingerprint density at radius 3 is 2.29 bits per heavy atom. The number of amides is 1. The van der Waals surface area contributed by atoms with Crippen LogP contribution in [0.2, 0.25) is 0 Å². The van der Waals surface area contributed by atoms with Gasteiger partial charge in [0, 0.05) is 39.5 Å². The van der Waals surface area contributed by atoms with Crippen LogP contribution in [-0.4, -0.2) is 56.9 Å². The maximum Gasteiger partial charge on any atom is 0.238 e. The van der Waals surface area contributed by atoms with Crippen molar-refractivity contribution in [1.82, 2.24) is 4.90 Å². The highest BCUT2D eigenvalue weighted by Crippen LogP contribution is 2.16. The normalized spacial score (nSPS) is 22.4. The fourth-order valence-corrected chi connectivity index (χ4v) is 2.53. The van der Waals surface area contributed by atoms with Gasteiger partial charge >= 0.3 is 0 Å². The number of rotatable bonds is 6. The third kappa shape index (κ3) is 4.25. The highest BCUT2D eigenvalue weighted by atomic mass is 16.5. The lowest BCUT2D eigenvalue weighted by atomic mass is 10.2. The van der Waals surface area contributed by atoms with Crippen LogP contribution in [0, 0.1) is 0 Å². The van der Waals surface area contributed by atoms with Gasteiger partial charge < -0.3 is 20.5 Å². The first-order valence-corrected chi connectivity index (χ1v) is 7.03. The van der Waals surface area contributed by atoms with E-state index < -0.39 is 0 Å². The van der Waals surface area contributed by atoms with Crippen molar-refractivity contribution in [2.45, 2.75) is 18.8 Å². The minimum absolute atomic E-state index is 0.0200. The molecule has 1 aromatic carbocycles. The van der Waals surface area contributed by atoms with Gasteiger partial charge in [-0.15, -0.1) is 0 Å². The summed E-state index contributed by atoms with van der Waals surface area (Å²) in [5.74, 6) is -0.0397. The lowest BCUT2D eigenvalue weighted by Gasteiger charge is -2.14. The molecule has 0 saturated carbocycles. The predicted octanol–water partition coefficient (Wildman–Crippen LogP) is 0.429. The van der Waals surface area contributed by atoms with Crippen molar-refractivity contribution in [3.8, 4) is 0 Å². The molecule has 1 aliphatic heterocycles. The summed E-state index contributed by atoms with van der Waals surface area (Å²) in [5, 5.41) is 2.88. The standard InChI is InChI=1S/C15H23N3O3/c1-20-13-8-18(9-14(13)21-2)10-15(19)17-12-5-3-11(7-16)4-6-12/h3-6,13-14H,7-10,16H2,1-2H3,(H,17,19). The SMILES string of the molecule is COC1CN(CC(=O)Nc2ccc(CN)cc2)CC1OC. The second-order valence-corrected chi connectivity index (χ2v) is 5.19. The number of nitrogens with two attached hydrogens (primary N) is 1. The van der Waals surface area contributed by atoms with Crippen LogP contribution in [0.15, 0.2) is 24.3 Å². The summed E-state index contributed by atoms with van der Waals surface area (Å²) in [6.45, 7) is 2.24. The summed E-state index contributed by atoms with van der Waals surface area (Å²) >= 11 is 0. The summed E-state index contributed by atoms with van der Waals surface area (Å²) in [6.07, 6.45) is 0.0401. The van der Waals surface area contributed by atoms with Crippen LogP contribution in [0.3, 0.4) is 0 Å². The average Bonchev–Trinajstić information content (AvgIpc) is 2.89. The number of nitrogens with zero attached hydrogens (tertiary/aromatic N) is 1. The van der Waals surface area contributed by atoms with Crippen molar-refractivity contribution < 1.29 is 14.3 Å². The lowest BCUT2D eigenvalue weighted by molar-refractivity contribution is -0.117. The number of anilines is 1. The Labute approximate surface area is 125 Å². The third-order valence-corrected chi connectivity index (χ3v) is 3.74. The van der Waals surface area contributed by atoms with Gasteiger partial charge in [0.05, 0.1) is 18.8 Å². The number of carbonyl (C=O) groups is 1. The van der Waals surface area contributed by atoms with E-state index in [9.17, 15) is 4.79 Å². The smallest absolute Gasteiger partial charge is 0.238 e. The van der Waals surface area contributed by atoms with Crippen LogP contribution in [0.1, 0.15) is 5.56 Å². The minimum Gasteiger partial charge on any atom is -0.377 e. The van der Waals surface area contributed by atoms with Crippen molar-refractivity contribution in [2.75, 3.05) is 39.2 Å². The molecule has 6 heteroatoms. The van der Waals surface area contributed by atoms with Crippen molar-refractivity contribution in [3.63, 3.8) is 0 Å². The zero-order chi connectivity index (χ0) is 15.2. The van der Waals surface area contributed by atoms with Gasteiger partial charge in [-0.1, -0.05) is 12.1 Å². The summed E-state index contributed by atoms with van der Waals surface area (Å²) < 4.78 is 10.7. The molecule has 1 saturated heterocycles. The Balaban J connectivity index is 1.84. The first kappa shape index (κ1) is 15.9. The first-order valence-electron chi connectivity index (χ1n) is 7.03. The van der Waals surface area contributed by atoms with E-state index in [1.54, 1.807) is 14.2 Å². The topological polar surface area (TPSA) is 76.8 Å². The molecule has 0 aromatic heterocycles. The zero-order valence-corrected chi connectivity index (χ0v) is 12.5. The van der Waals surface area contributed by atoms with Gasteiger partial charge in [-0.25, -0.2) is 0 Å². The van der Waals surface area contributed by atoms with Crippen molar-refractivity contribution in [2.24, 2.45) is 5.73 Å². The molecular formula is C15H23N3O3. The van der Waals surface area contributed by atoms with Crippen LogP contribution < -0.4 is 11.1 Å². The molecule has 2 atom stereocenters. The molecule has 0 aliphatic carbocycles. The second kappa shape index (κ2) is 7.51. The molecule has 1 heterocycles. The van der Waals surface area contributed by atoms with Gasteiger partial charge in [0.25, 0.3) is 0 Å². The highest BCUT2D eigenvalue weighted by Gasteiger charge is 2.33. The monoisotopic (exact) mass is 293 g/mol. The minimum atomic E-state index is -0.0397. The highest BCUT2D eigenvalue weighted by molar-refractivity contribution is 5.92. The van der Waals surface area contributed by atoms with Gasteiger partial charge in [-0.3, -0.25) is 9.69 Å². The summed E-state index contributed by atoms with van der Waals surface area (Å²) in [7, 11) is 3.33. The quantitative estimate of drug-likeness (QED) is 0.795. The van der Waals surface area contributed by atoms with Gasteiger partial charge in [0.2, 0.25) is 5.91 Å². The van der Waals surface area contributed by atoms with E-state index in [2.05, 4.69) is 5.32 Å². The van der Waals surface area contributed by atoms with Crippen LogP contribution >= 0.6 is 0 Å². The third-order valence-electron chi connectivity index (χ3n) is 3.74. The molecule has 1 aromatic rings. The van der Waals surface area contributed by atoms with Crippen LogP contribution in [0.4, 0.5) is 5.69 Å². The Bertz CT molecular complexity index is 452. The van der Waals surface area contributed by atoms with Gasteiger partial charge in [-0.2, -0.15) is 0 Å². The molecule has 0 radical (unpaired) electrons. The maximum absolute atomic E-state index is 12.1. The van der Waals surface area contributed by atoms with Crippen LogP contribution in [0.25, 0.3) is 0 Å². The number of nitrogens with one attached hydrogen (secondary N) is 1. The Morgan fingerprint density at radius 2 is 1.81 bits per heavy atom. The Morgan fingerprint density at radius 1 is 1.24 bits per heavy atom. The Kier molecular flexibility index (Phi) is 5.69. The summed E-state index contributed by atoms with van der Waals surface area (Å²) in [6, 6.07) is 7.54. The summed E-state index contributed by atoms with van der Waals surface area (Å²) in [5.41, 5.74) is 7.37. The number of benzene rings is 1. The van der Waals surface area contributed by atoms with E-state index in [0.29, 0.717) is 26.2 Å². The molecule has 2 unspecified atom stereocenters. The zero-order valence-electron chi connectivity index (χ0n) is 12.5. The number of likely N-dealkylation sites (tertiary alicyclic amines) is 1. The van der Waals surface area contributed by atoms with Gasteiger partial charge in [-0.05, 0) is 17.7 Å². The predicted molar refractivity (Wildman–Crippen MR) is 81.0 cm³/mol. The molecule has 21 heavy (non-hydrogen) atoms. The molecule has 2 rings (SSSR count). The fourth-order valence-electron chi connectivity index (χ4n) is 2.53. The molecule has 0 spiro atoms. The van der Waals surface area contributed by atoms with Gasteiger partial charge in [0.15, 0.2) is 0 Å². The molecule has 1 amide bonds. The Hall–Kier alpha value is -1.47. The number of hydrogen-bond donors (Lipinski definition) is 2. The van der Waals surface area contributed by atoms with E-state index in [0.717, 1.165) is 11.3 Å². The van der Waals surface area contributed by atoms with E-state index in [-0.39, 0.29) is 18.1 Å². The first-order chi connectivity index (χ1) is 10.2. The van der Waals surface area contributed by atoms with Crippen molar-refractivity contribution >= 4 is 11.6 Å². The van der Waals surface area contributed by atoms with Crippen LogP contribution in [0.5, 0.6) is 0 Å². The lowest BCUT2D eigenvalue weighted by Crippen LogP contribution is -2.32. The molecule has 3 N–H and O–H groups in total. The fraction of sp³-hybridized carbons (Fsp3) is 0.533. The largest absolute Gasteiger partial charge is 0.377 e. The second-order valence-electron chi connectivity index (χ2n) is 5.19. The summed E-state index contributed by atoms with van der Waals surface area (Å²) in [4.78, 5) is 14.1. The van der Waals surface area contributed by atoms with E-state index >= 15 is 0 Å². The van der Waals surface area contributed by atoms with Crippen molar-refractivity contribution in [3.05, 3.63) is 29.8 Å².